The van der Waals surface area contributed by atoms with Crippen LogP contribution in [0.1, 0.15) is 316 Å². The number of rotatable bonds is 61. The van der Waals surface area contributed by atoms with Crippen LogP contribution < -0.4 is 0 Å². The van der Waals surface area contributed by atoms with Gasteiger partial charge in [0.15, 0.2) is 6.10 Å². The molecule has 0 amide bonds. The van der Waals surface area contributed by atoms with E-state index in [0.29, 0.717) is 19.3 Å². The largest absolute Gasteiger partial charge is 0.462 e. The second-order valence-electron chi connectivity index (χ2n) is 22.4. The van der Waals surface area contributed by atoms with Gasteiger partial charge in [-0.2, -0.15) is 0 Å². The van der Waals surface area contributed by atoms with Crippen LogP contribution in [0.3, 0.4) is 0 Å². The fourth-order valence-corrected chi connectivity index (χ4v) is 9.37. The van der Waals surface area contributed by atoms with E-state index in [-0.39, 0.29) is 31.1 Å². The minimum absolute atomic E-state index is 0.0825. The lowest BCUT2D eigenvalue weighted by molar-refractivity contribution is -0.167. The summed E-state index contributed by atoms with van der Waals surface area (Å²) in [5.74, 6) is -0.891. The second kappa shape index (κ2) is 68.3. The molecule has 0 saturated heterocycles. The van der Waals surface area contributed by atoms with Gasteiger partial charge in [0.25, 0.3) is 0 Å². The highest BCUT2D eigenvalue weighted by molar-refractivity contribution is 5.71. The van der Waals surface area contributed by atoms with Crippen molar-refractivity contribution in [3.63, 3.8) is 0 Å². The lowest BCUT2D eigenvalue weighted by Gasteiger charge is -2.18. The van der Waals surface area contributed by atoms with Crippen molar-refractivity contribution in [2.24, 2.45) is 0 Å². The minimum atomic E-state index is -0.787. The van der Waals surface area contributed by atoms with E-state index in [1.807, 2.05) is 0 Å². The van der Waals surface area contributed by atoms with Crippen LogP contribution in [0, 0.1) is 0 Å². The Kier molecular flexibility index (Phi) is 64.8. The molecular formula is C75H126O6. The highest BCUT2D eigenvalue weighted by atomic mass is 16.6. The number of carbonyl (C=O) groups is 3. The maximum absolute atomic E-state index is 12.9. The topological polar surface area (TPSA) is 78.9 Å². The Morgan fingerprint density at radius 1 is 0.259 bits per heavy atom. The van der Waals surface area contributed by atoms with Gasteiger partial charge < -0.3 is 14.2 Å². The first kappa shape index (κ1) is 76.8. The van der Waals surface area contributed by atoms with Gasteiger partial charge in [-0.25, -0.2) is 0 Å². The normalized spacial score (nSPS) is 12.9. The maximum Gasteiger partial charge on any atom is 0.306 e. The number of allylic oxidation sites excluding steroid dienone is 20. The smallest absolute Gasteiger partial charge is 0.306 e. The molecular weight excluding hydrogens is 997 g/mol. The molecule has 0 aliphatic heterocycles. The van der Waals surface area contributed by atoms with Crippen molar-refractivity contribution in [2.45, 2.75) is 322 Å². The summed E-state index contributed by atoms with van der Waals surface area (Å²) >= 11 is 0. The van der Waals surface area contributed by atoms with Crippen LogP contribution in [0.15, 0.2) is 122 Å². The molecule has 6 heteroatoms. The van der Waals surface area contributed by atoms with Gasteiger partial charge in [-0.15, -0.1) is 0 Å². The lowest BCUT2D eigenvalue weighted by atomic mass is 10.0. The zero-order valence-corrected chi connectivity index (χ0v) is 53.0. The Labute approximate surface area is 501 Å². The Morgan fingerprint density at radius 3 is 0.778 bits per heavy atom. The summed E-state index contributed by atoms with van der Waals surface area (Å²) in [7, 11) is 0. The third-order valence-corrected chi connectivity index (χ3v) is 14.5. The van der Waals surface area contributed by atoms with E-state index in [0.717, 1.165) is 128 Å². The zero-order valence-electron chi connectivity index (χ0n) is 53.0. The maximum atomic E-state index is 12.9. The van der Waals surface area contributed by atoms with Gasteiger partial charge in [0.1, 0.15) is 13.2 Å². The molecule has 0 aromatic heterocycles. The van der Waals surface area contributed by atoms with Crippen LogP contribution in [0.25, 0.3) is 0 Å². The van der Waals surface area contributed by atoms with Crippen LogP contribution in [0.5, 0.6) is 0 Å². The van der Waals surface area contributed by atoms with Gasteiger partial charge in [-0.3, -0.25) is 14.4 Å². The number of hydrogen-bond donors (Lipinski definition) is 0. The van der Waals surface area contributed by atoms with Crippen LogP contribution in [-0.2, 0) is 28.6 Å². The lowest BCUT2D eigenvalue weighted by Crippen LogP contribution is -2.30. The third kappa shape index (κ3) is 66.5. The van der Waals surface area contributed by atoms with E-state index in [9.17, 15) is 14.4 Å². The number of unbranched alkanes of at least 4 members (excludes halogenated alkanes) is 30. The number of hydrogen-bond acceptors (Lipinski definition) is 6. The monoisotopic (exact) mass is 1120 g/mol. The average molecular weight is 1120 g/mol. The molecule has 462 valence electrons. The number of carbonyl (C=O) groups excluding carboxylic acids is 3. The fraction of sp³-hybridized carbons (Fsp3) is 0.693. The molecule has 0 aromatic rings. The molecule has 1 atom stereocenters. The molecule has 0 rings (SSSR count). The van der Waals surface area contributed by atoms with Crippen LogP contribution in [-0.4, -0.2) is 37.2 Å². The third-order valence-electron chi connectivity index (χ3n) is 14.5. The molecule has 81 heavy (non-hydrogen) atoms. The summed E-state index contributed by atoms with van der Waals surface area (Å²) in [4.78, 5) is 38.3. The standard InChI is InChI=1S/C75H126O6/c1-4-7-10-13-16-19-22-24-26-28-30-31-32-33-34-35-36-37-38-39-40-41-42-43-45-46-48-50-53-56-59-62-65-68-74(77)80-71-72(70-79-73(76)67-64-61-58-55-52-21-18-15-12-9-6-3)81-75(78)69-66-63-60-57-54-51-49-47-44-29-27-25-23-20-17-14-11-8-5-2/h7,10,16-17,19-20,24-27,30-31,33-34,36-37,39-40,44,47,72H,4-6,8-9,11-15,18,21-23,28-29,32,35,38,41-43,45-46,48-71H2,1-3H3/b10-7-,19-16-,20-17-,26-24-,27-25-,31-30-,34-33-,37-36-,40-39-,47-44-. The highest BCUT2D eigenvalue weighted by Crippen LogP contribution is 2.16. The molecule has 0 aliphatic carbocycles. The Balaban J connectivity index is 4.23. The van der Waals surface area contributed by atoms with Crippen molar-refractivity contribution in [1.82, 2.24) is 0 Å². The summed E-state index contributed by atoms with van der Waals surface area (Å²) in [6, 6.07) is 0. The van der Waals surface area contributed by atoms with Crippen molar-refractivity contribution >= 4 is 17.9 Å². The highest BCUT2D eigenvalue weighted by Gasteiger charge is 2.19. The molecule has 0 aromatic carbocycles. The van der Waals surface area contributed by atoms with E-state index >= 15 is 0 Å². The second-order valence-corrected chi connectivity index (χ2v) is 22.4. The Bertz CT molecular complexity index is 1670. The number of ether oxygens (including phenoxy) is 3. The van der Waals surface area contributed by atoms with E-state index in [1.54, 1.807) is 0 Å². The van der Waals surface area contributed by atoms with Gasteiger partial charge in [0.2, 0.25) is 0 Å². The summed E-state index contributed by atoms with van der Waals surface area (Å²) in [6.07, 6.45) is 95.0. The summed E-state index contributed by atoms with van der Waals surface area (Å²) < 4.78 is 16.9. The molecule has 0 fully saturated rings. The summed E-state index contributed by atoms with van der Waals surface area (Å²) in [5.41, 5.74) is 0. The molecule has 0 heterocycles. The first-order valence-electron chi connectivity index (χ1n) is 34.0. The molecule has 0 spiro atoms. The molecule has 0 N–H and O–H groups in total. The average Bonchev–Trinajstić information content (AvgIpc) is 3.47. The van der Waals surface area contributed by atoms with Crippen molar-refractivity contribution < 1.29 is 28.6 Å². The van der Waals surface area contributed by atoms with Crippen LogP contribution >= 0.6 is 0 Å². The van der Waals surface area contributed by atoms with E-state index in [2.05, 4.69) is 142 Å². The predicted molar refractivity (Wildman–Crippen MR) is 353 cm³/mol. The SMILES string of the molecule is CC/C=C\C/C=C\C/C=C\C/C=C\C/C=C\C/C=C\C/C=C\CCCCCCCCCCCCCC(=O)OCC(COC(=O)CCCCCCCCCCCCC)OC(=O)CCCCCCCC/C=C\C/C=C\C/C=C\CCCCC. The van der Waals surface area contributed by atoms with Gasteiger partial charge in [-0.1, -0.05) is 303 Å². The van der Waals surface area contributed by atoms with E-state index < -0.39 is 6.10 Å². The number of esters is 3. The summed E-state index contributed by atoms with van der Waals surface area (Å²) in [6.45, 7) is 6.50. The van der Waals surface area contributed by atoms with Gasteiger partial charge in [0, 0.05) is 19.3 Å². The summed E-state index contributed by atoms with van der Waals surface area (Å²) in [5, 5.41) is 0. The quantitative estimate of drug-likeness (QED) is 0.0261. The Hall–Kier alpha value is -4.19. The zero-order chi connectivity index (χ0) is 58.5. The minimum Gasteiger partial charge on any atom is -0.462 e. The molecule has 0 saturated carbocycles. The molecule has 0 aliphatic rings. The predicted octanol–water partition coefficient (Wildman–Crippen LogP) is 23.6. The van der Waals surface area contributed by atoms with Crippen molar-refractivity contribution in [3.05, 3.63) is 122 Å². The van der Waals surface area contributed by atoms with Gasteiger partial charge in [0.05, 0.1) is 0 Å². The molecule has 6 nitrogen and oxygen atoms in total. The van der Waals surface area contributed by atoms with E-state index in [4.69, 9.17) is 14.2 Å². The van der Waals surface area contributed by atoms with Crippen LogP contribution in [0.2, 0.25) is 0 Å². The van der Waals surface area contributed by atoms with Crippen LogP contribution in [0.4, 0.5) is 0 Å². The van der Waals surface area contributed by atoms with Gasteiger partial charge in [-0.05, 0) is 116 Å². The molecule has 1 unspecified atom stereocenters. The van der Waals surface area contributed by atoms with Crippen molar-refractivity contribution in [2.75, 3.05) is 13.2 Å². The molecule has 0 radical (unpaired) electrons. The van der Waals surface area contributed by atoms with Crippen molar-refractivity contribution in [3.8, 4) is 0 Å². The fourth-order valence-electron chi connectivity index (χ4n) is 9.37. The van der Waals surface area contributed by atoms with Gasteiger partial charge >= 0.3 is 17.9 Å². The first-order chi connectivity index (χ1) is 40.0. The first-order valence-corrected chi connectivity index (χ1v) is 34.0. The van der Waals surface area contributed by atoms with E-state index in [1.165, 1.54) is 148 Å². The van der Waals surface area contributed by atoms with Crippen molar-refractivity contribution in [1.29, 1.82) is 0 Å². The molecule has 0 bridgehead atoms. The Morgan fingerprint density at radius 2 is 0.481 bits per heavy atom.